The zero-order valence-corrected chi connectivity index (χ0v) is 16.3. The molecule has 156 valence electrons. The van der Waals surface area contributed by atoms with Gasteiger partial charge in [0.2, 0.25) is 11.8 Å². The second-order valence-corrected chi connectivity index (χ2v) is 7.00. The van der Waals surface area contributed by atoms with Crippen LogP contribution in [0.2, 0.25) is 0 Å². The number of hydrogen-bond acceptors (Lipinski definition) is 4. The highest BCUT2D eigenvalue weighted by Gasteiger charge is 2.42. The monoisotopic (exact) mass is 398 g/mol. The summed E-state index contributed by atoms with van der Waals surface area (Å²) in [5, 5.41) is 11.0. The Morgan fingerprint density at radius 2 is 2.11 bits per heavy atom. The summed E-state index contributed by atoms with van der Waals surface area (Å²) in [5.41, 5.74) is 0.684. The van der Waals surface area contributed by atoms with Crippen molar-refractivity contribution in [1.82, 2.24) is 10.2 Å². The highest BCUT2D eigenvalue weighted by molar-refractivity contribution is 5.85. The summed E-state index contributed by atoms with van der Waals surface area (Å²) in [6.45, 7) is 0.206. The summed E-state index contributed by atoms with van der Waals surface area (Å²) < 4.78 is 32.2. The van der Waals surface area contributed by atoms with E-state index in [2.05, 4.69) is 5.32 Å². The lowest BCUT2D eigenvalue weighted by Gasteiger charge is -2.41. The molecule has 0 aromatic heterocycles. The first-order valence-corrected chi connectivity index (χ1v) is 9.53. The van der Waals surface area contributed by atoms with Crippen LogP contribution in [0.1, 0.15) is 44.2 Å². The fourth-order valence-electron chi connectivity index (χ4n) is 3.52. The van der Waals surface area contributed by atoms with E-state index in [0.29, 0.717) is 17.9 Å². The van der Waals surface area contributed by atoms with Crippen molar-refractivity contribution in [1.29, 1.82) is 0 Å². The Hall–Kier alpha value is -2.22. The number of nitrogens with zero attached hydrogens (tertiary/aromatic N) is 1. The first kappa shape index (κ1) is 22.1. The molecule has 1 fully saturated rings. The summed E-state index contributed by atoms with van der Waals surface area (Å²) >= 11 is 0. The highest BCUT2D eigenvalue weighted by Crippen LogP contribution is 2.40. The Balaban J connectivity index is 2.35. The number of rotatable bonds is 9. The van der Waals surface area contributed by atoms with E-state index in [9.17, 15) is 18.4 Å². The maximum Gasteiger partial charge on any atom is 0.287 e. The van der Waals surface area contributed by atoms with Crippen molar-refractivity contribution in [3.8, 4) is 5.75 Å². The molecule has 28 heavy (non-hydrogen) atoms. The van der Waals surface area contributed by atoms with E-state index in [1.807, 2.05) is 6.92 Å². The third-order valence-corrected chi connectivity index (χ3v) is 5.01. The third-order valence-electron chi connectivity index (χ3n) is 5.01. The van der Waals surface area contributed by atoms with Crippen molar-refractivity contribution in [2.45, 2.75) is 44.6 Å². The topological polar surface area (TPSA) is 78.9 Å². The first-order valence-electron chi connectivity index (χ1n) is 9.53. The number of benzene rings is 1. The van der Waals surface area contributed by atoms with Gasteiger partial charge in [0.15, 0.2) is 0 Å². The smallest absolute Gasteiger partial charge is 0.287 e. The fourth-order valence-corrected chi connectivity index (χ4v) is 3.52. The van der Waals surface area contributed by atoms with Crippen LogP contribution in [0, 0.1) is 5.92 Å². The van der Waals surface area contributed by atoms with Crippen LogP contribution in [0.4, 0.5) is 8.78 Å². The van der Waals surface area contributed by atoms with Gasteiger partial charge in [0.25, 0.3) is 5.92 Å². The van der Waals surface area contributed by atoms with E-state index in [4.69, 9.17) is 9.84 Å². The number of amides is 2. The van der Waals surface area contributed by atoms with Gasteiger partial charge in [-0.15, -0.1) is 0 Å². The number of nitrogens with one attached hydrogen (secondary N) is 1. The van der Waals surface area contributed by atoms with Gasteiger partial charge in [-0.3, -0.25) is 9.59 Å². The van der Waals surface area contributed by atoms with Crippen LogP contribution in [0.15, 0.2) is 24.3 Å². The van der Waals surface area contributed by atoms with Gasteiger partial charge in [0, 0.05) is 18.5 Å². The minimum atomic E-state index is -3.39. The van der Waals surface area contributed by atoms with E-state index in [1.54, 1.807) is 29.2 Å². The third kappa shape index (κ3) is 5.19. The lowest BCUT2D eigenvalue weighted by molar-refractivity contribution is -0.144. The molecule has 2 amide bonds. The Labute approximate surface area is 163 Å². The number of halogens is 2. The maximum atomic E-state index is 13.4. The predicted octanol–water partition coefficient (Wildman–Crippen LogP) is 2.52. The predicted molar refractivity (Wildman–Crippen MR) is 100 cm³/mol. The number of carbonyl (C=O) groups excluding carboxylic acids is 2. The number of carbonyl (C=O) groups is 2. The lowest BCUT2D eigenvalue weighted by atomic mass is 9.83. The minimum Gasteiger partial charge on any atom is -0.496 e. The minimum absolute atomic E-state index is 0.0610. The summed E-state index contributed by atoms with van der Waals surface area (Å²) in [4.78, 5) is 27.0. The van der Waals surface area contributed by atoms with Gasteiger partial charge in [0.05, 0.1) is 25.6 Å². The number of methoxy groups -OCH3 is 1. The number of likely N-dealkylation sites (tertiary alicyclic amines) is 1. The second-order valence-electron chi connectivity index (χ2n) is 7.00. The van der Waals surface area contributed by atoms with Crippen LogP contribution in [-0.2, 0) is 9.59 Å². The summed E-state index contributed by atoms with van der Waals surface area (Å²) in [7, 11) is 1.51. The van der Waals surface area contributed by atoms with E-state index in [-0.39, 0.29) is 18.7 Å². The van der Waals surface area contributed by atoms with Gasteiger partial charge in [-0.1, -0.05) is 31.5 Å². The van der Waals surface area contributed by atoms with Gasteiger partial charge in [-0.2, -0.15) is 0 Å². The van der Waals surface area contributed by atoms with E-state index in [0.717, 1.165) is 12.8 Å². The molecule has 8 heteroatoms. The molecule has 0 spiro atoms. The summed E-state index contributed by atoms with van der Waals surface area (Å²) in [5.74, 6) is -4.14. The molecule has 2 N–H and O–H groups in total. The number of unbranched alkanes of at least 4 members (excludes halogenated alkanes) is 1. The van der Waals surface area contributed by atoms with Gasteiger partial charge >= 0.3 is 0 Å². The molecule has 1 aliphatic rings. The van der Waals surface area contributed by atoms with Crippen LogP contribution >= 0.6 is 0 Å². The van der Waals surface area contributed by atoms with Crippen LogP contribution in [0.5, 0.6) is 5.75 Å². The number of hydrogen-bond donors (Lipinski definition) is 2. The van der Waals surface area contributed by atoms with Crippen molar-refractivity contribution < 1.29 is 28.2 Å². The highest BCUT2D eigenvalue weighted by atomic mass is 19.3. The van der Waals surface area contributed by atoms with Crippen LogP contribution < -0.4 is 10.1 Å². The lowest BCUT2D eigenvalue weighted by Crippen LogP contribution is -2.50. The zero-order valence-electron chi connectivity index (χ0n) is 16.3. The average Bonchev–Trinajstić information content (AvgIpc) is 2.71. The van der Waals surface area contributed by atoms with Crippen molar-refractivity contribution in [2.75, 3.05) is 26.8 Å². The van der Waals surface area contributed by atoms with E-state index >= 15 is 0 Å². The molecule has 1 heterocycles. The van der Waals surface area contributed by atoms with Crippen molar-refractivity contribution in [3.63, 3.8) is 0 Å². The summed E-state index contributed by atoms with van der Waals surface area (Å²) in [6, 6.07) is 6.54. The Morgan fingerprint density at radius 1 is 1.39 bits per heavy atom. The van der Waals surface area contributed by atoms with Gasteiger partial charge < -0.3 is 20.1 Å². The number of ether oxygens (including phenoxy) is 1. The Morgan fingerprint density at radius 3 is 2.75 bits per heavy atom. The largest absolute Gasteiger partial charge is 0.496 e. The molecule has 0 saturated carbocycles. The standard InChI is InChI=1S/C20H28F2N2O4/c1-3-4-11-24-17(26)10-9-15(19(27)23-12-20(21,22)13-25)18(24)14-7-5-6-8-16(14)28-2/h5-8,15,18,25H,3-4,9-13H2,1-2H3,(H,23,27)/t15-,18-/m1/s1. The fraction of sp³-hybridized carbons (Fsp3) is 0.600. The number of aliphatic hydroxyl groups excluding tert-OH is 1. The van der Waals surface area contributed by atoms with Gasteiger partial charge in [-0.05, 0) is 18.9 Å². The zero-order chi connectivity index (χ0) is 20.7. The molecule has 6 nitrogen and oxygen atoms in total. The maximum absolute atomic E-state index is 13.4. The number of piperidine rings is 1. The number of aliphatic hydroxyl groups is 1. The molecule has 0 aliphatic carbocycles. The quantitative estimate of drug-likeness (QED) is 0.670. The van der Waals surface area contributed by atoms with Crippen LogP contribution in [-0.4, -0.2) is 54.5 Å². The van der Waals surface area contributed by atoms with Crippen molar-refractivity contribution in [2.24, 2.45) is 5.92 Å². The molecular formula is C20H28F2N2O4. The molecular weight excluding hydrogens is 370 g/mol. The van der Waals surface area contributed by atoms with Crippen molar-refractivity contribution in [3.05, 3.63) is 29.8 Å². The van der Waals surface area contributed by atoms with Crippen molar-refractivity contribution >= 4 is 11.8 Å². The normalized spacial score (nSPS) is 20.2. The average molecular weight is 398 g/mol. The molecule has 2 atom stereocenters. The van der Waals surface area contributed by atoms with E-state index in [1.165, 1.54) is 7.11 Å². The van der Waals surface area contributed by atoms with Crippen LogP contribution in [0.25, 0.3) is 0 Å². The Bertz CT molecular complexity index is 684. The molecule has 1 saturated heterocycles. The molecule has 0 bridgehead atoms. The van der Waals surface area contributed by atoms with Crippen LogP contribution in [0.3, 0.4) is 0 Å². The molecule has 1 aromatic carbocycles. The molecule has 1 aliphatic heterocycles. The number of para-hydroxylation sites is 1. The molecule has 2 rings (SSSR count). The van der Waals surface area contributed by atoms with E-state index < -0.39 is 36.9 Å². The molecule has 0 unspecified atom stereocenters. The number of alkyl halides is 2. The SMILES string of the molecule is CCCCN1C(=O)CC[C@@H](C(=O)NCC(F)(F)CO)[C@H]1c1ccccc1OC. The molecule has 1 aromatic rings. The first-order chi connectivity index (χ1) is 13.3. The second kappa shape index (κ2) is 9.82. The Kier molecular flexibility index (Phi) is 7.74. The van der Waals surface area contributed by atoms with Gasteiger partial charge in [0.1, 0.15) is 12.4 Å². The van der Waals surface area contributed by atoms with Gasteiger partial charge in [-0.25, -0.2) is 8.78 Å². The molecule has 0 radical (unpaired) electrons. The summed E-state index contributed by atoms with van der Waals surface area (Å²) in [6.07, 6.45) is 2.10.